The van der Waals surface area contributed by atoms with Gasteiger partial charge in [0.05, 0.1) is 12.0 Å². The second kappa shape index (κ2) is 8.84. The van der Waals surface area contributed by atoms with Crippen molar-refractivity contribution in [3.8, 4) is 5.75 Å². The topological polar surface area (TPSA) is 119 Å². The Bertz CT molecular complexity index is 709. The Hall–Kier alpha value is -3.10. The Morgan fingerprint density at radius 2 is 2.08 bits per heavy atom. The molecule has 1 aliphatic rings. The van der Waals surface area contributed by atoms with Gasteiger partial charge in [-0.05, 0) is 30.4 Å². The molecule has 0 unspecified atom stereocenters. The molecule has 140 valence electrons. The summed E-state index contributed by atoms with van der Waals surface area (Å²) in [6.45, 7) is 0.546. The molecule has 1 aliphatic heterocycles. The number of hydrogen-bond donors (Lipinski definition) is 1. The van der Waals surface area contributed by atoms with E-state index < -0.39 is 23.6 Å². The molecule has 0 aromatic heterocycles. The van der Waals surface area contributed by atoms with Crippen LogP contribution in [0.3, 0.4) is 0 Å². The van der Waals surface area contributed by atoms with Gasteiger partial charge >= 0.3 is 17.7 Å². The largest absolute Gasteiger partial charge is 0.475 e. The number of esters is 1. The van der Waals surface area contributed by atoms with Crippen molar-refractivity contribution < 1.29 is 29.1 Å². The first-order valence-corrected chi connectivity index (χ1v) is 8.05. The molecule has 0 aliphatic carbocycles. The summed E-state index contributed by atoms with van der Waals surface area (Å²) in [6.07, 6.45) is 4.23. The van der Waals surface area contributed by atoms with E-state index in [0.29, 0.717) is 31.5 Å². The van der Waals surface area contributed by atoms with Gasteiger partial charge in [0.25, 0.3) is 0 Å². The van der Waals surface area contributed by atoms with Crippen molar-refractivity contribution in [2.75, 3.05) is 26.8 Å². The van der Waals surface area contributed by atoms with Gasteiger partial charge in [0.2, 0.25) is 0 Å². The fourth-order valence-electron chi connectivity index (χ4n) is 2.63. The minimum atomic E-state index is -0.911. The standard InChI is InChI=1S/C17H20N2O7/c1-25-16(20)11-26-15-5-4-13(10-14(15)19(23)24)3-2-12-6-8-18(9-7-12)17(21)22/h2-5,10,12H,6-9,11H2,1H3,(H,21,22). The highest BCUT2D eigenvalue weighted by molar-refractivity contribution is 5.71. The average Bonchev–Trinajstić information content (AvgIpc) is 2.64. The molecule has 1 amide bonds. The number of nitrogens with zero attached hydrogens (tertiary/aromatic N) is 2. The van der Waals surface area contributed by atoms with E-state index in [1.165, 1.54) is 24.1 Å². The highest BCUT2D eigenvalue weighted by atomic mass is 16.6. The molecule has 9 heteroatoms. The third kappa shape index (κ3) is 5.20. The van der Waals surface area contributed by atoms with E-state index >= 15 is 0 Å². The first-order chi connectivity index (χ1) is 12.4. The number of carbonyl (C=O) groups is 2. The molecule has 1 saturated heterocycles. The van der Waals surface area contributed by atoms with Crippen molar-refractivity contribution in [2.24, 2.45) is 5.92 Å². The van der Waals surface area contributed by atoms with Crippen LogP contribution in [0.25, 0.3) is 6.08 Å². The van der Waals surface area contributed by atoms with Crippen molar-refractivity contribution in [1.29, 1.82) is 0 Å². The number of benzene rings is 1. The molecular weight excluding hydrogens is 344 g/mol. The van der Waals surface area contributed by atoms with Crippen LogP contribution in [0.15, 0.2) is 24.3 Å². The fraction of sp³-hybridized carbons (Fsp3) is 0.412. The average molecular weight is 364 g/mol. The van der Waals surface area contributed by atoms with Gasteiger partial charge in [-0.1, -0.05) is 18.2 Å². The van der Waals surface area contributed by atoms with Gasteiger partial charge in [0.1, 0.15) is 0 Å². The number of amides is 1. The lowest BCUT2D eigenvalue weighted by Crippen LogP contribution is -2.36. The Morgan fingerprint density at radius 3 is 2.65 bits per heavy atom. The molecule has 26 heavy (non-hydrogen) atoms. The molecule has 1 aromatic rings. The van der Waals surface area contributed by atoms with Crippen LogP contribution in [-0.4, -0.2) is 53.8 Å². The molecule has 0 atom stereocenters. The van der Waals surface area contributed by atoms with E-state index in [1.807, 2.05) is 6.08 Å². The van der Waals surface area contributed by atoms with Crippen LogP contribution in [-0.2, 0) is 9.53 Å². The van der Waals surface area contributed by atoms with E-state index in [-0.39, 0.29) is 17.4 Å². The zero-order chi connectivity index (χ0) is 19.1. The second-order valence-electron chi connectivity index (χ2n) is 5.82. The lowest BCUT2D eigenvalue weighted by molar-refractivity contribution is -0.385. The lowest BCUT2D eigenvalue weighted by atomic mass is 9.96. The maximum absolute atomic E-state index is 11.2. The maximum Gasteiger partial charge on any atom is 0.407 e. The third-order valence-electron chi connectivity index (χ3n) is 4.12. The number of likely N-dealkylation sites (tertiary alicyclic amines) is 1. The minimum Gasteiger partial charge on any atom is -0.475 e. The molecule has 1 N–H and O–H groups in total. The quantitative estimate of drug-likeness (QED) is 0.468. The van der Waals surface area contributed by atoms with Gasteiger partial charge in [-0.2, -0.15) is 0 Å². The number of nitro benzene ring substituents is 1. The number of piperidine rings is 1. The summed E-state index contributed by atoms with van der Waals surface area (Å²) in [5.41, 5.74) is 0.388. The number of rotatable bonds is 6. The number of carboxylic acid groups (broad SMARTS) is 1. The molecule has 1 heterocycles. The second-order valence-corrected chi connectivity index (χ2v) is 5.82. The van der Waals surface area contributed by atoms with Crippen molar-refractivity contribution in [2.45, 2.75) is 12.8 Å². The molecule has 9 nitrogen and oxygen atoms in total. The molecule has 0 spiro atoms. The van der Waals surface area contributed by atoms with E-state index in [4.69, 9.17) is 9.84 Å². The number of methoxy groups -OCH3 is 1. The first kappa shape index (κ1) is 19.2. The van der Waals surface area contributed by atoms with E-state index in [1.54, 1.807) is 12.1 Å². The smallest absolute Gasteiger partial charge is 0.407 e. The van der Waals surface area contributed by atoms with Crippen LogP contribution in [0.1, 0.15) is 18.4 Å². The summed E-state index contributed by atoms with van der Waals surface area (Å²) < 4.78 is 9.57. The molecular formula is C17H20N2O7. The Morgan fingerprint density at radius 1 is 1.38 bits per heavy atom. The summed E-state index contributed by atoms with van der Waals surface area (Å²) in [7, 11) is 1.20. The number of allylic oxidation sites excluding steroid dienone is 1. The lowest BCUT2D eigenvalue weighted by Gasteiger charge is -2.28. The van der Waals surface area contributed by atoms with Gasteiger partial charge in [-0.25, -0.2) is 9.59 Å². The van der Waals surface area contributed by atoms with Crippen LogP contribution < -0.4 is 4.74 Å². The number of nitro groups is 1. The van der Waals surface area contributed by atoms with Gasteiger partial charge in [-0.15, -0.1) is 0 Å². The van der Waals surface area contributed by atoms with Crippen LogP contribution in [0.2, 0.25) is 0 Å². The summed E-state index contributed by atoms with van der Waals surface area (Å²) in [5.74, 6) is -0.414. The summed E-state index contributed by atoms with van der Waals surface area (Å²) in [4.78, 5) is 34.0. The Labute approximate surface area is 150 Å². The van der Waals surface area contributed by atoms with Gasteiger partial charge in [0.15, 0.2) is 12.4 Å². The van der Waals surface area contributed by atoms with Crippen LogP contribution >= 0.6 is 0 Å². The van der Waals surface area contributed by atoms with E-state index in [2.05, 4.69) is 4.74 Å². The highest BCUT2D eigenvalue weighted by Gasteiger charge is 2.21. The van der Waals surface area contributed by atoms with Gasteiger partial charge in [0, 0.05) is 19.2 Å². The predicted octanol–water partition coefficient (Wildman–Crippen LogP) is 2.55. The maximum atomic E-state index is 11.2. The summed E-state index contributed by atoms with van der Waals surface area (Å²) in [5, 5.41) is 20.2. The Kier molecular flexibility index (Phi) is 6.54. The molecule has 0 bridgehead atoms. The third-order valence-corrected chi connectivity index (χ3v) is 4.12. The van der Waals surface area contributed by atoms with Crippen molar-refractivity contribution >= 4 is 23.8 Å². The van der Waals surface area contributed by atoms with Crippen LogP contribution in [0.5, 0.6) is 5.75 Å². The summed E-state index contributed by atoms with van der Waals surface area (Å²) in [6, 6.07) is 4.46. The molecule has 2 rings (SSSR count). The van der Waals surface area contributed by atoms with Crippen LogP contribution in [0, 0.1) is 16.0 Å². The molecule has 0 radical (unpaired) electrons. The number of hydrogen-bond acceptors (Lipinski definition) is 6. The molecule has 1 aromatic carbocycles. The normalized spacial score (nSPS) is 15.0. The number of carbonyl (C=O) groups excluding carboxylic acids is 1. The zero-order valence-electron chi connectivity index (χ0n) is 14.3. The van der Waals surface area contributed by atoms with Crippen molar-refractivity contribution in [1.82, 2.24) is 4.90 Å². The SMILES string of the molecule is COC(=O)COc1ccc(C=CC2CCN(C(=O)O)CC2)cc1[N+](=O)[O-]. The van der Waals surface area contributed by atoms with Gasteiger partial charge in [-0.3, -0.25) is 10.1 Å². The monoisotopic (exact) mass is 364 g/mol. The zero-order valence-corrected chi connectivity index (χ0v) is 14.3. The predicted molar refractivity (Wildman–Crippen MR) is 92.0 cm³/mol. The molecule has 0 saturated carbocycles. The van der Waals surface area contributed by atoms with E-state index in [0.717, 1.165) is 0 Å². The number of ether oxygens (including phenoxy) is 2. The Balaban J connectivity index is 2.03. The van der Waals surface area contributed by atoms with Crippen LogP contribution in [0.4, 0.5) is 10.5 Å². The fourth-order valence-corrected chi connectivity index (χ4v) is 2.63. The van der Waals surface area contributed by atoms with Crippen molar-refractivity contribution in [3.05, 3.63) is 40.0 Å². The van der Waals surface area contributed by atoms with Crippen molar-refractivity contribution in [3.63, 3.8) is 0 Å². The molecule has 1 fully saturated rings. The minimum absolute atomic E-state index is 0.00711. The van der Waals surface area contributed by atoms with E-state index in [9.17, 15) is 19.7 Å². The highest BCUT2D eigenvalue weighted by Crippen LogP contribution is 2.29. The first-order valence-electron chi connectivity index (χ1n) is 8.05. The summed E-state index contributed by atoms with van der Waals surface area (Å²) >= 11 is 0. The van der Waals surface area contributed by atoms with Gasteiger partial charge < -0.3 is 19.5 Å².